The first-order valence-corrected chi connectivity index (χ1v) is 8.05. The Morgan fingerprint density at radius 1 is 1.27 bits per heavy atom. The van der Waals surface area contributed by atoms with Crippen LogP contribution in [0.15, 0.2) is 28.4 Å². The van der Waals surface area contributed by atoms with Crippen molar-refractivity contribution in [3.63, 3.8) is 0 Å². The van der Waals surface area contributed by atoms with E-state index in [-0.39, 0.29) is 5.56 Å². The molecule has 0 unspecified atom stereocenters. The lowest BCUT2D eigenvalue weighted by molar-refractivity contribution is 0.412. The first-order chi connectivity index (χ1) is 10.5. The molecule has 0 radical (unpaired) electrons. The lowest BCUT2D eigenvalue weighted by atomic mass is 10.1. The van der Waals surface area contributed by atoms with Crippen molar-refractivity contribution in [2.75, 3.05) is 7.11 Å². The fourth-order valence-electron chi connectivity index (χ4n) is 2.47. The molecular formula is C17H18N2O2S. The van der Waals surface area contributed by atoms with Gasteiger partial charge >= 0.3 is 0 Å². The molecule has 0 atom stereocenters. The highest BCUT2D eigenvalue weighted by Crippen LogP contribution is 2.30. The zero-order chi connectivity index (χ0) is 15.9. The van der Waals surface area contributed by atoms with Gasteiger partial charge in [0, 0.05) is 10.8 Å². The molecule has 0 amide bonds. The number of fused-ring (bicyclic) bond motifs is 1. The van der Waals surface area contributed by atoms with E-state index in [2.05, 4.69) is 23.8 Å². The highest BCUT2D eigenvalue weighted by atomic mass is 32.1. The lowest BCUT2D eigenvalue weighted by Gasteiger charge is -2.08. The Labute approximate surface area is 132 Å². The number of nitrogens with one attached hydrogen (secondary N) is 1. The summed E-state index contributed by atoms with van der Waals surface area (Å²) in [5.74, 6) is 1.16. The molecule has 2 heterocycles. The zero-order valence-corrected chi connectivity index (χ0v) is 13.9. The quantitative estimate of drug-likeness (QED) is 0.792. The molecule has 114 valence electrons. The van der Waals surface area contributed by atoms with E-state index in [9.17, 15) is 4.79 Å². The smallest absolute Gasteiger partial charge is 0.256 e. The maximum Gasteiger partial charge on any atom is 0.256 e. The van der Waals surface area contributed by atoms with E-state index in [0.29, 0.717) is 11.3 Å². The van der Waals surface area contributed by atoms with Gasteiger partial charge in [-0.1, -0.05) is 13.8 Å². The highest BCUT2D eigenvalue weighted by Gasteiger charge is 2.12. The predicted octanol–water partition coefficient (Wildman–Crippen LogP) is 4.09. The molecule has 0 bridgehead atoms. The molecule has 0 aliphatic rings. The summed E-state index contributed by atoms with van der Waals surface area (Å²) in [4.78, 5) is 19.9. The minimum atomic E-state index is -0.0976. The number of aryl methyl sites for hydroxylation is 1. The van der Waals surface area contributed by atoms with Gasteiger partial charge in [-0.05, 0) is 42.0 Å². The van der Waals surface area contributed by atoms with E-state index in [0.717, 1.165) is 33.1 Å². The summed E-state index contributed by atoms with van der Waals surface area (Å²) >= 11 is 1.55. The van der Waals surface area contributed by atoms with Gasteiger partial charge in [-0.3, -0.25) is 4.79 Å². The molecule has 1 N–H and O–H groups in total. The van der Waals surface area contributed by atoms with Crippen molar-refractivity contribution < 1.29 is 4.74 Å². The van der Waals surface area contributed by atoms with Crippen molar-refractivity contribution in [1.82, 2.24) is 9.97 Å². The van der Waals surface area contributed by atoms with Crippen LogP contribution in [0.4, 0.5) is 0 Å². The molecule has 1 aromatic carbocycles. The van der Waals surface area contributed by atoms with Crippen LogP contribution in [0.25, 0.3) is 21.5 Å². The largest absolute Gasteiger partial charge is 0.496 e. The van der Waals surface area contributed by atoms with E-state index in [1.807, 2.05) is 24.4 Å². The van der Waals surface area contributed by atoms with Crippen molar-refractivity contribution in [2.45, 2.75) is 26.7 Å². The average Bonchev–Trinajstić information content (AvgIpc) is 2.98. The number of aromatic nitrogens is 2. The van der Waals surface area contributed by atoms with Crippen molar-refractivity contribution in [3.05, 3.63) is 45.2 Å². The second kappa shape index (κ2) is 5.57. The number of thiazole rings is 1. The van der Waals surface area contributed by atoms with Crippen molar-refractivity contribution in [3.8, 4) is 16.5 Å². The number of H-pyrrole nitrogens is 1. The number of benzene rings is 1. The summed E-state index contributed by atoms with van der Waals surface area (Å²) in [6.07, 6.45) is 0. The number of hydrogen-bond acceptors (Lipinski definition) is 4. The van der Waals surface area contributed by atoms with Crippen molar-refractivity contribution >= 4 is 22.1 Å². The van der Waals surface area contributed by atoms with Crippen molar-refractivity contribution in [2.24, 2.45) is 0 Å². The van der Waals surface area contributed by atoms with Gasteiger partial charge in [-0.2, -0.15) is 0 Å². The lowest BCUT2D eigenvalue weighted by Crippen LogP contribution is -2.08. The molecule has 4 nitrogen and oxygen atoms in total. The summed E-state index contributed by atoms with van der Waals surface area (Å²) < 4.78 is 5.35. The van der Waals surface area contributed by atoms with Crippen LogP contribution in [0, 0.1) is 6.92 Å². The Bertz CT molecular complexity index is 893. The van der Waals surface area contributed by atoms with Crippen LogP contribution in [-0.2, 0) is 0 Å². The molecule has 3 rings (SSSR count). The second-order valence-corrected chi connectivity index (χ2v) is 6.46. The van der Waals surface area contributed by atoms with Crippen LogP contribution in [0.1, 0.15) is 31.0 Å². The summed E-state index contributed by atoms with van der Waals surface area (Å²) in [7, 11) is 1.64. The topological polar surface area (TPSA) is 55.0 Å². The van der Waals surface area contributed by atoms with Crippen LogP contribution in [0.5, 0.6) is 5.75 Å². The van der Waals surface area contributed by atoms with Crippen LogP contribution < -0.4 is 10.3 Å². The molecule has 2 aromatic heterocycles. The summed E-state index contributed by atoms with van der Waals surface area (Å²) in [5.41, 5.74) is 2.67. The van der Waals surface area contributed by atoms with E-state index in [1.54, 1.807) is 24.5 Å². The van der Waals surface area contributed by atoms with Gasteiger partial charge in [-0.15, -0.1) is 11.3 Å². The van der Waals surface area contributed by atoms with Crippen LogP contribution in [-0.4, -0.2) is 17.1 Å². The molecule has 0 saturated carbocycles. The maximum atomic E-state index is 12.3. The van der Waals surface area contributed by atoms with Gasteiger partial charge in [0.15, 0.2) is 0 Å². The summed E-state index contributed by atoms with van der Waals surface area (Å²) in [6.45, 7) is 6.18. The van der Waals surface area contributed by atoms with Crippen LogP contribution >= 0.6 is 11.3 Å². The molecule has 0 aliphatic heterocycles. The number of rotatable bonds is 3. The second-order valence-electron chi connectivity index (χ2n) is 5.60. The third-order valence-corrected chi connectivity index (χ3v) is 4.70. The Hall–Kier alpha value is -2.14. The monoisotopic (exact) mass is 314 g/mol. The first kappa shape index (κ1) is 14.8. The van der Waals surface area contributed by atoms with Gasteiger partial charge in [0.05, 0.1) is 18.5 Å². The maximum absolute atomic E-state index is 12.3. The molecule has 5 heteroatoms. The SMILES string of the molecule is COc1ccc2c(=O)[nH]c(-c3nc(C(C)C)cs3)cc2c1C. The van der Waals surface area contributed by atoms with Gasteiger partial charge in [0.25, 0.3) is 5.56 Å². The number of nitrogens with zero attached hydrogens (tertiary/aromatic N) is 1. The van der Waals surface area contributed by atoms with E-state index in [4.69, 9.17) is 4.74 Å². The molecule has 0 fully saturated rings. The fourth-order valence-corrected chi connectivity index (χ4v) is 3.43. The molecule has 22 heavy (non-hydrogen) atoms. The average molecular weight is 314 g/mol. The highest BCUT2D eigenvalue weighted by molar-refractivity contribution is 7.13. The van der Waals surface area contributed by atoms with Gasteiger partial charge in [0.2, 0.25) is 0 Å². The number of aromatic amines is 1. The summed E-state index contributed by atoms with van der Waals surface area (Å²) in [6, 6.07) is 5.61. The van der Waals surface area contributed by atoms with Gasteiger partial charge in [0.1, 0.15) is 10.8 Å². The van der Waals surface area contributed by atoms with Gasteiger partial charge < -0.3 is 9.72 Å². The third-order valence-electron chi connectivity index (χ3n) is 3.81. The Balaban J connectivity index is 2.22. The third kappa shape index (κ3) is 2.41. The Morgan fingerprint density at radius 3 is 2.68 bits per heavy atom. The van der Waals surface area contributed by atoms with Gasteiger partial charge in [-0.25, -0.2) is 4.98 Å². The van der Waals surface area contributed by atoms with E-state index in [1.165, 1.54) is 0 Å². The number of hydrogen-bond donors (Lipinski definition) is 1. The normalized spacial score (nSPS) is 11.3. The molecule has 0 spiro atoms. The summed E-state index contributed by atoms with van der Waals surface area (Å²) in [5, 5.41) is 4.45. The van der Waals surface area contributed by atoms with E-state index < -0.39 is 0 Å². The number of methoxy groups -OCH3 is 1. The van der Waals surface area contributed by atoms with E-state index >= 15 is 0 Å². The number of ether oxygens (including phenoxy) is 1. The van der Waals surface area contributed by atoms with Crippen molar-refractivity contribution in [1.29, 1.82) is 0 Å². The number of pyridine rings is 1. The molecule has 0 aliphatic carbocycles. The van der Waals surface area contributed by atoms with Crippen LogP contribution in [0.3, 0.4) is 0 Å². The minimum absolute atomic E-state index is 0.0976. The molecular weight excluding hydrogens is 296 g/mol. The predicted molar refractivity (Wildman–Crippen MR) is 91.1 cm³/mol. The fraction of sp³-hybridized carbons (Fsp3) is 0.294. The zero-order valence-electron chi connectivity index (χ0n) is 13.1. The minimum Gasteiger partial charge on any atom is -0.496 e. The first-order valence-electron chi connectivity index (χ1n) is 7.17. The Kier molecular flexibility index (Phi) is 3.74. The molecule has 3 aromatic rings. The van der Waals surface area contributed by atoms with Crippen LogP contribution in [0.2, 0.25) is 0 Å². The standard InChI is InChI=1S/C17H18N2O2S/c1-9(2)14-8-22-17(19-14)13-7-12-10(3)15(21-4)6-5-11(12)16(20)18-13/h5-9H,1-4H3,(H,18,20). The molecule has 0 saturated heterocycles. The Morgan fingerprint density at radius 2 is 2.05 bits per heavy atom.